The number of pyridine rings is 2. The molecule has 9 nitrogen and oxygen atoms in total. The second-order valence-electron chi connectivity index (χ2n) is 8.21. The molecule has 2 aromatic carbocycles. The Kier molecular flexibility index (Phi) is 8.90. The number of hydrogen-bond acceptors (Lipinski definition) is 9. The van der Waals surface area contributed by atoms with Crippen LogP contribution in [0.3, 0.4) is 0 Å². The van der Waals surface area contributed by atoms with Gasteiger partial charge in [0.2, 0.25) is 0 Å². The number of anilines is 2. The number of nitrogens with zero attached hydrogens (tertiary/aromatic N) is 2. The lowest BCUT2D eigenvalue weighted by atomic mass is 10.1. The van der Waals surface area contributed by atoms with Gasteiger partial charge in [-0.2, -0.15) is 0 Å². The Morgan fingerprint density at radius 3 is 1.65 bits per heavy atom. The van der Waals surface area contributed by atoms with E-state index in [-0.39, 0.29) is 0 Å². The fraction of sp³-hybridized carbons (Fsp3) is 0.143. The van der Waals surface area contributed by atoms with Crippen LogP contribution in [-0.2, 0) is 9.47 Å². The van der Waals surface area contributed by atoms with Gasteiger partial charge >= 0.3 is 11.9 Å². The van der Waals surface area contributed by atoms with Gasteiger partial charge in [-0.15, -0.1) is 0 Å². The van der Waals surface area contributed by atoms with E-state index in [0.717, 1.165) is 33.6 Å². The van der Waals surface area contributed by atoms with Gasteiger partial charge in [0.05, 0.1) is 36.7 Å². The maximum Gasteiger partial charge on any atom is 0.337 e. The quantitative estimate of drug-likeness (QED) is 0.156. The molecule has 0 saturated heterocycles. The third kappa shape index (κ3) is 7.12. The molecule has 4 rings (SSSR count). The van der Waals surface area contributed by atoms with Crippen molar-refractivity contribution >= 4 is 23.3 Å². The van der Waals surface area contributed by atoms with E-state index >= 15 is 0 Å². The Labute approximate surface area is 215 Å². The van der Waals surface area contributed by atoms with Crippen LogP contribution in [0.2, 0.25) is 0 Å². The summed E-state index contributed by atoms with van der Waals surface area (Å²) >= 11 is 0. The van der Waals surface area contributed by atoms with E-state index < -0.39 is 11.9 Å². The van der Waals surface area contributed by atoms with Crippen molar-refractivity contribution in [3.63, 3.8) is 0 Å². The van der Waals surface area contributed by atoms with Crippen LogP contribution >= 0.6 is 0 Å². The lowest BCUT2D eigenvalue weighted by Crippen LogP contribution is -2.09. The first-order chi connectivity index (χ1) is 17.7. The molecule has 0 saturated carbocycles. The van der Waals surface area contributed by atoms with Crippen LogP contribution in [-0.4, -0.2) is 36.1 Å². The molecule has 190 valence electrons. The normalized spacial score (nSPS) is 10.1. The van der Waals surface area contributed by atoms with E-state index in [1.165, 1.54) is 14.2 Å². The van der Waals surface area contributed by atoms with Crippen LogP contribution in [0.25, 0.3) is 22.5 Å². The summed E-state index contributed by atoms with van der Waals surface area (Å²) in [6.45, 7) is 3.94. The third-order valence-corrected chi connectivity index (χ3v) is 5.31. The Morgan fingerprint density at radius 2 is 1.22 bits per heavy atom. The molecule has 0 amide bonds. The molecular formula is C28H29N5O4. The van der Waals surface area contributed by atoms with E-state index in [2.05, 4.69) is 20.1 Å². The number of aromatic nitrogens is 2. The zero-order valence-corrected chi connectivity index (χ0v) is 21.1. The Bertz CT molecular complexity index is 1390. The summed E-state index contributed by atoms with van der Waals surface area (Å²) in [6, 6.07) is 18.0. The van der Waals surface area contributed by atoms with Crippen molar-refractivity contribution in [2.24, 2.45) is 5.84 Å². The molecule has 0 bridgehead atoms. The van der Waals surface area contributed by atoms with Gasteiger partial charge in [-0.05, 0) is 73.5 Å². The maximum absolute atomic E-state index is 11.6. The Hall–Kier alpha value is -4.76. The van der Waals surface area contributed by atoms with E-state index in [9.17, 15) is 9.59 Å². The highest BCUT2D eigenvalue weighted by molar-refractivity contribution is 5.93. The number of carbonyl (C=O) groups is 2. The van der Waals surface area contributed by atoms with Gasteiger partial charge in [-0.3, -0.25) is 15.8 Å². The second kappa shape index (κ2) is 12.3. The van der Waals surface area contributed by atoms with E-state index in [1.807, 2.05) is 44.2 Å². The van der Waals surface area contributed by atoms with Crippen LogP contribution in [0.4, 0.5) is 11.4 Å². The standard InChI is InChI=1S/C14H15N3O2.C14H14N2O2/c1-9-3-4-13(16-8-9)10-5-11(14(18)19-2)7-12(6-10)17-15;1-9-3-4-13(16-8-9)10-5-11(14(17)18-2)7-12(15)6-10/h3-8,17H,15H2,1-2H3;3-8H,15H2,1-2H3. The third-order valence-electron chi connectivity index (χ3n) is 5.31. The highest BCUT2D eigenvalue weighted by Crippen LogP contribution is 2.24. The van der Waals surface area contributed by atoms with Crippen molar-refractivity contribution in [3.05, 3.63) is 95.3 Å². The van der Waals surface area contributed by atoms with Crippen LogP contribution in [0.5, 0.6) is 0 Å². The summed E-state index contributed by atoms with van der Waals surface area (Å²) in [5.41, 5.74) is 15.6. The molecule has 0 fully saturated rings. The molecule has 5 N–H and O–H groups in total. The van der Waals surface area contributed by atoms with Crippen molar-refractivity contribution < 1.29 is 19.1 Å². The second-order valence-corrected chi connectivity index (χ2v) is 8.21. The van der Waals surface area contributed by atoms with Crippen molar-refractivity contribution in [2.45, 2.75) is 13.8 Å². The van der Waals surface area contributed by atoms with Crippen molar-refractivity contribution in [2.75, 3.05) is 25.4 Å². The molecule has 0 unspecified atom stereocenters. The first-order valence-corrected chi connectivity index (χ1v) is 11.3. The minimum Gasteiger partial charge on any atom is -0.465 e. The molecule has 0 spiro atoms. The van der Waals surface area contributed by atoms with E-state index in [4.69, 9.17) is 16.3 Å². The van der Waals surface area contributed by atoms with Gasteiger partial charge in [-0.1, -0.05) is 12.1 Å². The number of rotatable bonds is 5. The molecule has 2 aromatic heterocycles. The summed E-state index contributed by atoms with van der Waals surface area (Å²) in [7, 11) is 2.68. The molecule has 0 aliphatic carbocycles. The topological polar surface area (TPSA) is 142 Å². The Morgan fingerprint density at radius 1 is 0.730 bits per heavy atom. The minimum absolute atomic E-state index is 0.407. The summed E-state index contributed by atoms with van der Waals surface area (Å²) < 4.78 is 9.40. The van der Waals surface area contributed by atoms with Crippen LogP contribution in [0.1, 0.15) is 31.8 Å². The van der Waals surface area contributed by atoms with E-state index in [0.29, 0.717) is 22.5 Å². The molecule has 0 radical (unpaired) electrons. The first kappa shape index (κ1) is 26.8. The number of nitrogen functional groups attached to an aromatic ring is 2. The number of carbonyl (C=O) groups excluding carboxylic acids is 2. The first-order valence-electron chi connectivity index (χ1n) is 11.3. The number of esters is 2. The number of methoxy groups -OCH3 is 2. The van der Waals surface area contributed by atoms with Gasteiger partial charge < -0.3 is 20.6 Å². The summed E-state index contributed by atoms with van der Waals surface area (Å²) in [5, 5.41) is 0. The van der Waals surface area contributed by atoms with Gasteiger partial charge in [-0.25, -0.2) is 9.59 Å². The van der Waals surface area contributed by atoms with Gasteiger partial charge in [0, 0.05) is 34.9 Å². The predicted octanol–water partition coefficient (Wildman–Crippen LogP) is 4.56. The van der Waals surface area contributed by atoms with Crippen molar-refractivity contribution in [1.82, 2.24) is 9.97 Å². The average Bonchev–Trinajstić information content (AvgIpc) is 2.92. The highest BCUT2D eigenvalue weighted by atomic mass is 16.5. The number of ether oxygens (including phenoxy) is 2. The summed E-state index contributed by atoms with van der Waals surface area (Å²) in [6.07, 6.45) is 3.55. The van der Waals surface area contributed by atoms with Gasteiger partial charge in [0.15, 0.2) is 0 Å². The fourth-order valence-electron chi connectivity index (χ4n) is 3.41. The molecule has 4 aromatic rings. The largest absolute Gasteiger partial charge is 0.465 e. The number of nitrogens with two attached hydrogens (primary N) is 2. The zero-order chi connectivity index (χ0) is 26.9. The lowest BCUT2D eigenvalue weighted by Gasteiger charge is -2.08. The van der Waals surface area contributed by atoms with Crippen LogP contribution < -0.4 is 17.0 Å². The molecule has 37 heavy (non-hydrogen) atoms. The molecule has 0 aliphatic rings. The zero-order valence-electron chi connectivity index (χ0n) is 21.1. The van der Waals surface area contributed by atoms with Crippen molar-refractivity contribution in [3.8, 4) is 22.5 Å². The fourth-order valence-corrected chi connectivity index (χ4v) is 3.41. The summed E-state index contributed by atoms with van der Waals surface area (Å²) in [4.78, 5) is 31.8. The number of aryl methyl sites for hydroxylation is 2. The monoisotopic (exact) mass is 499 g/mol. The highest BCUT2D eigenvalue weighted by Gasteiger charge is 2.11. The number of hydrogen-bond donors (Lipinski definition) is 3. The molecule has 2 heterocycles. The predicted molar refractivity (Wildman–Crippen MR) is 144 cm³/mol. The molecule has 9 heteroatoms. The maximum atomic E-state index is 11.6. The number of benzene rings is 2. The minimum atomic E-state index is -0.412. The van der Waals surface area contributed by atoms with Gasteiger partial charge in [0.1, 0.15) is 0 Å². The number of nitrogens with one attached hydrogen (secondary N) is 1. The molecule has 0 atom stereocenters. The van der Waals surface area contributed by atoms with Crippen LogP contribution in [0, 0.1) is 13.8 Å². The lowest BCUT2D eigenvalue weighted by molar-refractivity contribution is 0.0592. The van der Waals surface area contributed by atoms with E-state index in [1.54, 1.807) is 42.7 Å². The van der Waals surface area contributed by atoms with Crippen LogP contribution in [0.15, 0.2) is 73.1 Å². The summed E-state index contributed by atoms with van der Waals surface area (Å²) in [5.74, 6) is 4.59. The van der Waals surface area contributed by atoms with Crippen molar-refractivity contribution in [1.29, 1.82) is 0 Å². The molecule has 0 aliphatic heterocycles. The SMILES string of the molecule is COC(=O)c1cc(N)cc(-c2ccc(C)cn2)c1.COC(=O)c1cc(NN)cc(-c2ccc(C)cn2)c1. The molecular weight excluding hydrogens is 470 g/mol. The smallest absolute Gasteiger partial charge is 0.337 e. The Balaban J connectivity index is 0.000000206. The number of hydrazine groups is 1. The average molecular weight is 500 g/mol. The van der Waals surface area contributed by atoms with Gasteiger partial charge in [0.25, 0.3) is 0 Å².